The zero-order valence-corrected chi connectivity index (χ0v) is 10.9. The number of rotatable bonds is 6. The Hall–Kier alpha value is -1.26. The summed E-state index contributed by atoms with van der Waals surface area (Å²) in [7, 11) is 3.26. The second kappa shape index (κ2) is 5.89. The van der Waals surface area contributed by atoms with Crippen LogP contribution >= 0.6 is 0 Å². The van der Waals surface area contributed by atoms with Crippen LogP contribution in [0.5, 0.6) is 11.5 Å². The maximum Gasteiger partial charge on any atom is 0.127 e. The molecule has 0 radical (unpaired) electrons. The first-order valence-corrected chi connectivity index (χ1v) is 5.60. The minimum atomic E-state index is -0.709. The summed E-state index contributed by atoms with van der Waals surface area (Å²) >= 11 is 0. The highest BCUT2D eigenvalue weighted by Gasteiger charge is 2.12. The standard InChI is InChI=1S/C13H21NO3/c1-13(2,15)9-14-8-10-5-6-11(16-3)7-12(10)17-4/h5-7,14-15H,8-9H2,1-4H3. The van der Waals surface area contributed by atoms with Gasteiger partial charge in [-0.25, -0.2) is 0 Å². The fourth-order valence-corrected chi connectivity index (χ4v) is 1.50. The minimum Gasteiger partial charge on any atom is -0.497 e. The van der Waals surface area contributed by atoms with Gasteiger partial charge in [0, 0.05) is 24.7 Å². The molecule has 96 valence electrons. The van der Waals surface area contributed by atoms with Crippen LogP contribution in [0.3, 0.4) is 0 Å². The predicted molar refractivity (Wildman–Crippen MR) is 67.6 cm³/mol. The van der Waals surface area contributed by atoms with Gasteiger partial charge < -0.3 is 19.9 Å². The van der Waals surface area contributed by atoms with E-state index in [-0.39, 0.29) is 0 Å². The Balaban J connectivity index is 2.64. The van der Waals surface area contributed by atoms with E-state index in [9.17, 15) is 5.11 Å². The first-order chi connectivity index (χ1) is 7.96. The Kier molecular flexibility index (Phi) is 4.78. The fraction of sp³-hybridized carbons (Fsp3) is 0.538. The summed E-state index contributed by atoms with van der Waals surface area (Å²) < 4.78 is 10.4. The molecular formula is C13H21NO3. The van der Waals surface area contributed by atoms with Crippen LogP contribution in [-0.4, -0.2) is 31.5 Å². The summed E-state index contributed by atoms with van der Waals surface area (Å²) in [5, 5.41) is 12.8. The predicted octanol–water partition coefficient (Wildman–Crippen LogP) is 1.56. The summed E-state index contributed by atoms with van der Waals surface area (Å²) in [6, 6.07) is 5.69. The van der Waals surface area contributed by atoms with Crippen LogP contribution < -0.4 is 14.8 Å². The van der Waals surface area contributed by atoms with Crippen LogP contribution in [0.4, 0.5) is 0 Å². The van der Waals surface area contributed by atoms with Gasteiger partial charge in [0.1, 0.15) is 11.5 Å². The van der Waals surface area contributed by atoms with Crippen LogP contribution in [0.1, 0.15) is 19.4 Å². The molecule has 0 aromatic heterocycles. The molecule has 0 amide bonds. The van der Waals surface area contributed by atoms with E-state index in [1.54, 1.807) is 28.1 Å². The molecule has 0 spiro atoms. The van der Waals surface area contributed by atoms with Gasteiger partial charge in [-0.15, -0.1) is 0 Å². The number of nitrogens with one attached hydrogen (secondary N) is 1. The van der Waals surface area contributed by atoms with Gasteiger partial charge in [-0.1, -0.05) is 6.07 Å². The second-order valence-electron chi connectivity index (χ2n) is 4.59. The molecule has 1 rings (SSSR count). The molecule has 4 heteroatoms. The minimum absolute atomic E-state index is 0.530. The van der Waals surface area contributed by atoms with Gasteiger partial charge >= 0.3 is 0 Å². The van der Waals surface area contributed by atoms with Crippen LogP contribution in [0.2, 0.25) is 0 Å². The monoisotopic (exact) mass is 239 g/mol. The quantitative estimate of drug-likeness (QED) is 0.791. The summed E-state index contributed by atoms with van der Waals surface area (Å²) in [6.45, 7) is 4.72. The fourth-order valence-electron chi connectivity index (χ4n) is 1.50. The summed E-state index contributed by atoms with van der Waals surface area (Å²) in [5.74, 6) is 1.56. The van der Waals surface area contributed by atoms with Crippen molar-refractivity contribution >= 4 is 0 Å². The Labute approximate surface area is 103 Å². The highest BCUT2D eigenvalue weighted by molar-refractivity contribution is 5.40. The van der Waals surface area contributed by atoms with Crippen molar-refractivity contribution in [1.29, 1.82) is 0 Å². The van der Waals surface area contributed by atoms with E-state index >= 15 is 0 Å². The average molecular weight is 239 g/mol. The summed E-state index contributed by atoms with van der Waals surface area (Å²) in [6.07, 6.45) is 0. The lowest BCUT2D eigenvalue weighted by Gasteiger charge is -2.18. The smallest absolute Gasteiger partial charge is 0.127 e. The Morgan fingerprint density at radius 2 is 1.94 bits per heavy atom. The topological polar surface area (TPSA) is 50.7 Å². The third-order valence-electron chi connectivity index (χ3n) is 2.37. The lowest BCUT2D eigenvalue weighted by molar-refractivity contribution is 0.0794. The van der Waals surface area contributed by atoms with E-state index in [4.69, 9.17) is 9.47 Å². The maximum atomic E-state index is 9.59. The van der Waals surface area contributed by atoms with Gasteiger partial charge in [-0.2, -0.15) is 0 Å². The molecule has 0 aliphatic carbocycles. The van der Waals surface area contributed by atoms with Crippen molar-refractivity contribution in [2.24, 2.45) is 0 Å². The zero-order valence-electron chi connectivity index (χ0n) is 10.9. The summed E-state index contributed by atoms with van der Waals surface area (Å²) in [4.78, 5) is 0. The molecule has 0 saturated carbocycles. The molecule has 0 aliphatic rings. The number of hydrogen-bond donors (Lipinski definition) is 2. The van der Waals surface area contributed by atoms with Crippen LogP contribution in [0.25, 0.3) is 0 Å². The number of methoxy groups -OCH3 is 2. The molecule has 0 fully saturated rings. The van der Waals surface area contributed by atoms with E-state index < -0.39 is 5.60 Å². The second-order valence-corrected chi connectivity index (χ2v) is 4.59. The highest BCUT2D eigenvalue weighted by Crippen LogP contribution is 2.24. The van der Waals surface area contributed by atoms with Gasteiger partial charge in [0.15, 0.2) is 0 Å². The lowest BCUT2D eigenvalue weighted by Crippen LogP contribution is -2.34. The van der Waals surface area contributed by atoms with E-state index in [2.05, 4.69) is 5.32 Å². The number of aliphatic hydroxyl groups is 1. The van der Waals surface area contributed by atoms with Crippen molar-refractivity contribution in [3.8, 4) is 11.5 Å². The molecule has 0 bridgehead atoms. The van der Waals surface area contributed by atoms with Gasteiger partial charge in [0.2, 0.25) is 0 Å². The first kappa shape index (κ1) is 13.8. The molecular weight excluding hydrogens is 218 g/mol. The van der Waals surface area contributed by atoms with Gasteiger partial charge in [-0.3, -0.25) is 0 Å². The highest BCUT2D eigenvalue weighted by atomic mass is 16.5. The van der Waals surface area contributed by atoms with Crippen molar-refractivity contribution in [1.82, 2.24) is 5.32 Å². The van der Waals surface area contributed by atoms with Crippen molar-refractivity contribution < 1.29 is 14.6 Å². The molecule has 17 heavy (non-hydrogen) atoms. The van der Waals surface area contributed by atoms with Crippen molar-refractivity contribution in [2.45, 2.75) is 26.0 Å². The number of hydrogen-bond acceptors (Lipinski definition) is 4. The zero-order chi connectivity index (χ0) is 12.9. The first-order valence-electron chi connectivity index (χ1n) is 5.60. The molecule has 0 aliphatic heterocycles. The molecule has 0 saturated heterocycles. The molecule has 1 aromatic carbocycles. The third kappa shape index (κ3) is 4.63. The largest absolute Gasteiger partial charge is 0.497 e. The maximum absolute atomic E-state index is 9.59. The molecule has 0 heterocycles. The Morgan fingerprint density at radius 1 is 1.24 bits per heavy atom. The summed E-state index contributed by atoms with van der Waals surface area (Å²) in [5.41, 5.74) is 0.331. The van der Waals surface area contributed by atoms with Crippen LogP contribution in [-0.2, 0) is 6.54 Å². The Bertz CT molecular complexity index is 358. The van der Waals surface area contributed by atoms with E-state index in [0.717, 1.165) is 17.1 Å². The molecule has 0 atom stereocenters. The normalized spacial score (nSPS) is 11.4. The van der Waals surface area contributed by atoms with E-state index in [0.29, 0.717) is 13.1 Å². The molecule has 2 N–H and O–H groups in total. The Morgan fingerprint density at radius 3 is 2.47 bits per heavy atom. The van der Waals surface area contributed by atoms with Crippen molar-refractivity contribution in [2.75, 3.05) is 20.8 Å². The van der Waals surface area contributed by atoms with Gasteiger partial charge in [-0.05, 0) is 19.9 Å². The molecule has 4 nitrogen and oxygen atoms in total. The van der Waals surface area contributed by atoms with E-state index in [1.807, 2.05) is 18.2 Å². The molecule has 1 aromatic rings. The SMILES string of the molecule is COc1ccc(CNCC(C)(C)O)c(OC)c1. The number of ether oxygens (including phenoxy) is 2. The van der Waals surface area contributed by atoms with Crippen LogP contribution in [0, 0.1) is 0 Å². The van der Waals surface area contributed by atoms with Crippen molar-refractivity contribution in [3.63, 3.8) is 0 Å². The van der Waals surface area contributed by atoms with Gasteiger partial charge in [0.25, 0.3) is 0 Å². The average Bonchev–Trinajstić information content (AvgIpc) is 2.27. The van der Waals surface area contributed by atoms with Gasteiger partial charge in [0.05, 0.1) is 19.8 Å². The number of benzene rings is 1. The molecule has 0 unspecified atom stereocenters. The van der Waals surface area contributed by atoms with Crippen molar-refractivity contribution in [3.05, 3.63) is 23.8 Å². The van der Waals surface area contributed by atoms with Crippen LogP contribution in [0.15, 0.2) is 18.2 Å². The lowest BCUT2D eigenvalue weighted by atomic mass is 10.1. The van der Waals surface area contributed by atoms with E-state index in [1.165, 1.54) is 0 Å². The third-order valence-corrected chi connectivity index (χ3v) is 2.37.